The molecule has 0 heterocycles. The Morgan fingerprint density at radius 2 is 1.81 bits per heavy atom. The van der Waals surface area contributed by atoms with Crippen molar-refractivity contribution in [1.29, 1.82) is 0 Å². The third-order valence-electron chi connectivity index (χ3n) is 10.7. The molecular formula is C33H58O3. The molecule has 0 radical (unpaired) electrons. The summed E-state index contributed by atoms with van der Waals surface area (Å²) in [4.78, 5) is 12.5. The maximum atomic E-state index is 12.5. The van der Waals surface area contributed by atoms with E-state index in [1.54, 1.807) is 0 Å². The van der Waals surface area contributed by atoms with Crippen molar-refractivity contribution >= 4 is 5.97 Å². The van der Waals surface area contributed by atoms with E-state index in [1.165, 1.54) is 63.4 Å². The lowest BCUT2D eigenvalue weighted by atomic mass is 9.47. The lowest BCUT2D eigenvalue weighted by molar-refractivity contribution is -0.161. The number of ether oxygens (including phenoxy) is 1. The van der Waals surface area contributed by atoms with E-state index in [0.717, 1.165) is 42.9 Å². The van der Waals surface area contributed by atoms with Crippen molar-refractivity contribution in [2.45, 2.75) is 139 Å². The number of hydrogen-bond acceptors (Lipinski definition) is 3. The van der Waals surface area contributed by atoms with Crippen LogP contribution in [0.4, 0.5) is 0 Å². The van der Waals surface area contributed by atoms with E-state index in [-0.39, 0.29) is 24.1 Å². The van der Waals surface area contributed by atoms with Crippen LogP contribution in [0.3, 0.4) is 0 Å². The molecule has 0 aromatic carbocycles. The van der Waals surface area contributed by atoms with Gasteiger partial charge in [0.1, 0.15) is 6.10 Å². The Balaban J connectivity index is 0.00000176. The van der Waals surface area contributed by atoms with E-state index in [1.807, 2.05) is 34.6 Å². The second-order valence-electron chi connectivity index (χ2n) is 14.2. The van der Waals surface area contributed by atoms with Gasteiger partial charge in [0, 0.05) is 11.8 Å². The van der Waals surface area contributed by atoms with E-state index in [4.69, 9.17) is 4.74 Å². The number of carbonyl (C=O) groups excluding carboxylic acids is 1. The van der Waals surface area contributed by atoms with Gasteiger partial charge in [-0.2, -0.15) is 0 Å². The van der Waals surface area contributed by atoms with Crippen LogP contribution in [-0.4, -0.2) is 23.8 Å². The van der Waals surface area contributed by atoms with E-state index in [2.05, 4.69) is 26.8 Å². The topological polar surface area (TPSA) is 46.5 Å². The standard InChI is InChI=1S/C31H52O3.C2H6/c1-21(2)9-7-8-10-22-12-14-26-25-13-11-23-19-24(34-28(33)29(3,4)5)15-18-31(23,20-32)27(25)16-17-30(22,26)6;1-2/h11,21-22,24-27,32H,7-10,12-20H2,1-6H3;1-2H3. The molecule has 0 aromatic heterocycles. The number of rotatable bonds is 7. The molecule has 0 aliphatic heterocycles. The Kier molecular flexibility index (Phi) is 9.84. The average molecular weight is 503 g/mol. The molecule has 4 rings (SSSR count). The fourth-order valence-electron chi connectivity index (χ4n) is 8.67. The van der Waals surface area contributed by atoms with Crippen LogP contribution in [0.15, 0.2) is 11.6 Å². The van der Waals surface area contributed by atoms with Crippen molar-refractivity contribution < 1.29 is 14.6 Å². The molecule has 0 amide bonds. The minimum atomic E-state index is -0.459. The molecule has 3 nitrogen and oxygen atoms in total. The number of esters is 1. The second kappa shape index (κ2) is 11.9. The van der Waals surface area contributed by atoms with Crippen LogP contribution in [0.2, 0.25) is 0 Å². The Morgan fingerprint density at radius 1 is 1.08 bits per heavy atom. The Bertz CT molecular complexity index is 761. The van der Waals surface area contributed by atoms with E-state index in [0.29, 0.717) is 11.3 Å². The molecule has 7 atom stereocenters. The largest absolute Gasteiger partial charge is 0.462 e. The third kappa shape index (κ3) is 5.76. The number of unbranched alkanes of at least 4 members (excludes halogenated alkanes) is 1. The van der Waals surface area contributed by atoms with Crippen molar-refractivity contribution in [3.05, 3.63) is 11.6 Å². The molecule has 3 saturated carbocycles. The smallest absolute Gasteiger partial charge is 0.311 e. The zero-order valence-corrected chi connectivity index (χ0v) is 25.0. The minimum absolute atomic E-state index is 0.0234. The van der Waals surface area contributed by atoms with Gasteiger partial charge in [-0.1, -0.05) is 65.5 Å². The molecule has 0 bridgehead atoms. The van der Waals surface area contributed by atoms with Crippen LogP contribution in [0.25, 0.3) is 0 Å². The SMILES string of the molecule is CC.CC(C)CCCCC1CCC2C3CC=C4CC(OC(=O)C(C)(C)C)CCC4(CO)C3CCC12C. The normalized spacial score (nSPS) is 37.7. The van der Waals surface area contributed by atoms with Crippen LogP contribution in [0.1, 0.15) is 132 Å². The van der Waals surface area contributed by atoms with Crippen LogP contribution in [-0.2, 0) is 9.53 Å². The van der Waals surface area contributed by atoms with Gasteiger partial charge in [0.2, 0.25) is 0 Å². The number of aliphatic hydroxyl groups is 1. The molecule has 4 aliphatic carbocycles. The second-order valence-corrected chi connectivity index (χ2v) is 14.2. The highest BCUT2D eigenvalue weighted by Gasteiger charge is 2.59. The summed E-state index contributed by atoms with van der Waals surface area (Å²) in [5, 5.41) is 10.8. The number of hydrogen-bond donors (Lipinski definition) is 1. The van der Waals surface area contributed by atoms with E-state index in [9.17, 15) is 9.90 Å². The van der Waals surface area contributed by atoms with Crippen molar-refractivity contribution in [3.63, 3.8) is 0 Å². The summed E-state index contributed by atoms with van der Waals surface area (Å²) in [6, 6.07) is 0. The first kappa shape index (κ1) is 29.7. The number of carbonyl (C=O) groups is 1. The van der Waals surface area contributed by atoms with Crippen molar-refractivity contribution in [3.8, 4) is 0 Å². The van der Waals surface area contributed by atoms with Gasteiger partial charge < -0.3 is 9.84 Å². The van der Waals surface area contributed by atoms with Crippen LogP contribution >= 0.6 is 0 Å². The first-order chi connectivity index (χ1) is 17.0. The maximum absolute atomic E-state index is 12.5. The molecule has 0 saturated heterocycles. The van der Waals surface area contributed by atoms with Crippen LogP contribution in [0, 0.1) is 45.8 Å². The summed E-state index contributed by atoms with van der Waals surface area (Å²) in [6.07, 6.45) is 17.3. The molecule has 3 heteroatoms. The predicted molar refractivity (Wildman–Crippen MR) is 151 cm³/mol. The lowest BCUT2D eigenvalue weighted by Crippen LogP contribution is -2.53. The molecule has 3 fully saturated rings. The van der Waals surface area contributed by atoms with Gasteiger partial charge in [0.25, 0.3) is 0 Å². The van der Waals surface area contributed by atoms with Gasteiger partial charge in [-0.3, -0.25) is 4.79 Å². The lowest BCUT2D eigenvalue weighted by Gasteiger charge is -2.58. The van der Waals surface area contributed by atoms with Crippen LogP contribution < -0.4 is 0 Å². The first-order valence-electron chi connectivity index (χ1n) is 15.5. The van der Waals surface area contributed by atoms with Gasteiger partial charge >= 0.3 is 5.97 Å². The molecule has 1 N–H and O–H groups in total. The van der Waals surface area contributed by atoms with Crippen molar-refractivity contribution in [1.82, 2.24) is 0 Å². The zero-order valence-electron chi connectivity index (χ0n) is 25.0. The average Bonchev–Trinajstić information content (AvgIpc) is 3.18. The highest BCUT2D eigenvalue weighted by atomic mass is 16.5. The number of aliphatic hydroxyl groups excluding tert-OH is 1. The Hall–Kier alpha value is -0.830. The third-order valence-corrected chi connectivity index (χ3v) is 10.7. The molecule has 208 valence electrons. The zero-order chi connectivity index (χ0) is 26.7. The van der Waals surface area contributed by atoms with E-state index < -0.39 is 5.41 Å². The molecule has 0 aromatic rings. The highest BCUT2D eigenvalue weighted by molar-refractivity contribution is 5.75. The van der Waals surface area contributed by atoms with Gasteiger partial charge in [-0.05, 0) is 107 Å². The van der Waals surface area contributed by atoms with E-state index >= 15 is 0 Å². The Morgan fingerprint density at radius 3 is 2.44 bits per heavy atom. The number of fused-ring (bicyclic) bond motifs is 5. The maximum Gasteiger partial charge on any atom is 0.311 e. The van der Waals surface area contributed by atoms with Gasteiger partial charge in [-0.15, -0.1) is 0 Å². The summed E-state index contributed by atoms with van der Waals surface area (Å²) in [5.41, 5.74) is 1.38. The summed E-state index contributed by atoms with van der Waals surface area (Å²) in [7, 11) is 0. The minimum Gasteiger partial charge on any atom is -0.462 e. The van der Waals surface area contributed by atoms with Crippen molar-refractivity contribution in [2.24, 2.45) is 45.8 Å². The molecule has 4 aliphatic rings. The predicted octanol–water partition coefficient (Wildman–Crippen LogP) is 8.74. The molecule has 0 spiro atoms. The monoisotopic (exact) mass is 502 g/mol. The molecule has 36 heavy (non-hydrogen) atoms. The van der Waals surface area contributed by atoms with Crippen molar-refractivity contribution in [2.75, 3.05) is 6.61 Å². The van der Waals surface area contributed by atoms with Crippen LogP contribution in [0.5, 0.6) is 0 Å². The summed E-state index contributed by atoms with van der Waals surface area (Å²) in [6.45, 7) is 17.4. The summed E-state index contributed by atoms with van der Waals surface area (Å²) in [5.74, 6) is 3.78. The quantitative estimate of drug-likeness (QED) is 0.215. The highest BCUT2D eigenvalue weighted by Crippen LogP contribution is 2.66. The van der Waals surface area contributed by atoms with Gasteiger partial charge in [0.15, 0.2) is 0 Å². The summed E-state index contributed by atoms with van der Waals surface area (Å²) < 4.78 is 5.93. The molecular weight excluding hydrogens is 444 g/mol. The van der Waals surface area contributed by atoms with Gasteiger partial charge in [0.05, 0.1) is 12.0 Å². The Labute approximate surface area is 223 Å². The van der Waals surface area contributed by atoms with Gasteiger partial charge in [-0.25, -0.2) is 0 Å². The fourth-order valence-corrected chi connectivity index (χ4v) is 8.67. The number of allylic oxidation sites excluding steroid dienone is 1. The fraction of sp³-hybridized carbons (Fsp3) is 0.909. The molecule has 7 unspecified atom stereocenters. The first-order valence-corrected chi connectivity index (χ1v) is 15.5. The summed E-state index contributed by atoms with van der Waals surface area (Å²) >= 11 is 0.